The SMILES string of the molecule is CC(=O)C(NC(=O)CN1CCN(CCOc2ccc(Cl)cc2)CC1)C(C)C. The van der Waals surface area contributed by atoms with Gasteiger partial charge < -0.3 is 10.1 Å². The number of piperazine rings is 1. The molecular weight excluding hydrogens is 366 g/mol. The minimum Gasteiger partial charge on any atom is -0.492 e. The van der Waals surface area contributed by atoms with Crippen LogP contribution < -0.4 is 10.1 Å². The Morgan fingerprint density at radius 3 is 2.26 bits per heavy atom. The van der Waals surface area contributed by atoms with Gasteiger partial charge >= 0.3 is 0 Å². The first-order valence-electron chi connectivity index (χ1n) is 9.48. The topological polar surface area (TPSA) is 61.9 Å². The third-order valence-corrected chi connectivity index (χ3v) is 5.00. The van der Waals surface area contributed by atoms with Crippen molar-refractivity contribution in [3.8, 4) is 5.75 Å². The highest BCUT2D eigenvalue weighted by atomic mass is 35.5. The average Bonchev–Trinajstić information content (AvgIpc) is 2.62. The Labute approximate surface area is 166 Å². The molecule has 0 aromatic heterocycles. The molecule has 0 aliphatic carbocycles. The van der Waals surface area contributed by atoms with Crippen LogP contribution in [0.3, 0.4) is 0 Å². The van der Waals surface area contributed by atoms with Crippen LogP contribution in [0.4, 0.5) is 0 Å². The Morgan fingerprint density at radius 1 is 1.11 bits per heavy atom. The first kappa shape index (κ1) is 21.7. The monoisotopic (exact) mass is 395 g/mol. The molecule has 1 N–H and O–H groups in total. The molecule has 1 amide bonds. The third kappa shape index (κ3) is 7.48. The van der Waals surface area contributed by atoms with E-state index in [2.05, 4.69) is 15.1 Å². The van der Waals surface area contributed by atoms with Gasteiger partial charge in [0.15, 0.2) is 5.78 Å². The summed E-state index contributed by atoms with van der Waals surface area (Å²) in [6, 6.07) is 6.96. The number of benzene rings is 1. The lowest BCUT2D eigenvalue weighted by Gasteiger charge is -2.34. The number of ether oxygens (including phenoxy) is 1. The molecule has 150 valence electrons. The van der Waals surface area contributed by atoms with Gasteiger partial charge in [-0.1, -0.05) is 25.4 Å². The number of ketones is 1. The molecule has 0 radical (unpaired) electrons. The van der Waals surface area contributed by atoms with Crippen LogP contribution in [0.15, 0.2) is 24.3 Å². The number of rotatable bonds is 9. The maximum Gasteiger partial charge on any atom is 0.234 e. The maximum absolute atomic E-state index is 12.2. The van der Waals surface area contributed by atoms with E-state index in [0.717, 1.165) is 38.5 Å². The fourth-order valence-corrected chi connectivity index (χ4v) is 3.28. The molecule has 1 atom stereocenters. The summed E-state index contributed by atoms with van der Waals surface area (Å²) in [5, 5.41) is 3.56. The first-order chi connectivity index (χ1) is 12.8. The van der Waals surface area contributed by atoms with E-state index < -0.39 is 6.04 Å². The van der Waals surface area contributed by atoms with Gasteiger partial charge in [0.1, 0.15) is 12.4 Å². The van der Waals surface area contributed by atoms with Crippen molar-refractivity contribution in [1.82, 2.24) is 15.1 Å². The lowest BCUT2D eigenvalue weighted by molar-refractivity contribution is -0.128. The summed E-state index contributed by atoms with van der Waals surface area (Å²) in [6.45, 7) is 10.7. The van der Waals surface area contributed by atoms with Gasteiger partial charge in [0, 0.05) is 37.7 Å². The Kier molecular flexibility index (Phi) is 8.54. The highest BCUT2D eigenvalue weighted by Crippen LogP contribution is 2.15. The van der Waals surface area contributed by atoms with Crippen LogP contribution in [0.25, 0.3) is 0 Å². The number of hydrogen-bond donors (Lipinski definition) is 1. The smallest absolute Gasteiger partial charge is 0.234 e. The molecule has 0 saturated carbocycles. The molecule has 1 saturated heterocycles. The number of amides is 1. The summed E-state index contributed by atoms with van der Waals surface area (Å²) in [7, 11) is 0. The predicted octanol–water partition coefficient (Wildman–Crippen LogP) is 2.07. The van der Waals surface area contributed by atoms with Crippen LogP contribution in [-0.2, 0) is 9.59 Å². The highest BCUT2D eigenvalue weighted by molar-refractivity contribution is 6.30. The molecule has 1 aliphatic rings. The quantitative estimate of drug-likeness (QED) is 0.693. The van der Waals surface area contributed by atoms with Gasteiger partial charge in [0.25, 0.3) is 0 Å². The standard InChI is InChI=1S/C20H30ClN3O3/c1-15(2)20(16(3)25)22-19(26)14-24-10-8-23(9-11-24)12-13-27-18-6-4-17(21)5-7-18/h4-7,15,20H,8-14H2,1-3H3,(H,22,26). The highest BCUT2D eigenvalue weighted by Gasteiger charge is 2.23. The second-order valence-electron chi connectivity index (χ2n) is 7.32. The van der Waals surface area contributed by atoms with E-state index in [1.165, 1.54) is 6.92 Å². The number of Topliss-reactive ketones (excluding diaryl/α,β-unsaturated/α-hetero) is 1. The summed E-state index contributed by atoms with van der Waals surface area (Å²) in [6.07, 6.45) is 0. The Morgan fingerprint density at radius 2 is 1.70 bits per heavy atom. The van der Waals surface area contributed by atoms with E-state index in [-0.39, 0.29) is 17.6 Å². The third-order valence-electron chi connectivity index (χ3n) is 4.74. The van der Waals surface area contributed by atoms with Gasteiger partial charge in [-0.25, -0.2) is 0 Å². The van der Waals surface area contributed by atoms with Gasteiger partial charge in [-0.05, 0) is 37.1 Å². The second-order valence-corrected chi connectivity index (χ2v) is 7.76. The maximum atomic E-state index is 12.2. The molecule has 0 bridgehead atoms. The fourth-order valence-electron chi connectivity index (χ4n) is 3.15. The summed E-state index contributed by atoms with van der Waals surface area (Å²) in [5.41, 5.74) is 0. The van der Waals surface area contributed by atoms with Gasteiger partial charge in [0.05, 0.1) is 12.6 Å². The average molecular weight is 396 g/mol. The van der Waals surface area contributed by atoms with Crippen LogP contribution in [0, 0.1) is 5.92 Å². The zero-order valence-electron chi connectivity index (χ0n) is 16.4. The van der Waals surface area contributed by atoms with Crippen molar-refractivity contribution in [2.45, 2.75) is 26.8 Å². The number of nitrogens with zero attached hydrogens (tertiary/aromatic N) is 2. The van der Waals surface area contributed by atoms with Crippen LogP contribution >= 0.6 is 11.6 Å². The van der Waals surface area contributed by atoms with Gasteiger partial charge in [-0.2, -0.15) is 0 Å². The number of nitrogens with one attached hydrogen (secondary N) is 1. The molecule has 7 heteroatoms. The number of halogens is 1. The van der Waals surface area contributed by atoms with Crippen molar-refractivity contribution in [3.05, 3.63) is 29.3 Å². The Balaban J connectivity index is 1.65. The molecule has 6 nitrogen and oxygen atoms in total. The number of hydrogen-bond acceptors (Lipinski definition) is 5. The second kappa shape index (κ2) is 10.6. The lowest BCUT2D eigenvalue weighted by Crippen LogP contribution is -2.52. The zero-order valence-corrected chi connectivity index (χ0v) is 17.2. The molecule has 1 aliphatic heterocycles. The van der Waals surface area contributed by atoms with E-state index in [1.807, 2.05) is 38.1 Å². The predicted molar refractivity (Wildman–Crippen MR) is 107 cm³/mol. The normalized spacial score (nSPS) is 16.9. The van der Waals surface area contributed by atoms with Gasteiger partial charge in [0.2, 0.25) is 5.91 Å². The van der Waals surface area contributed by atoms with E-state index >= 15 is 0 Å². The van der Waals surface area contributed by atoms with Crippen LogP contribution in [0.1, 0.15) is 20.8 Å². The minimum absolute atomic E-state index is 0.00357. The number of carbonyl (C=O) groups is 2. The van der Waals surface area contributed by atoms with E-state index in [4.69, 9.17) is 16.3 Å². The fraction of sp³-hybridized carbons (Fsp3) is 0.600. The van der Waals surface area contributed by atoms with E-state index in [0.29, 0.717) is 18.2 Å². The zero-order chi connectivity index (χ0) is 19.8. The summed E-state index contributed by atoms with van der Waals surface area (Å²) < 4.78 is 5.73. The molecule has 0 spiro atoms. The van der Waals surface area contributed by atoms with Gasteiger partial charge in [-0.3, -0.25) is 19.4 Å². The molecule has 27 heavy (non-hydrogen) atoms. The molecular formula is C20H30ClN3O3. The van der Waals surface area contributed by atoms with Crippen LogP contribution in [0.2, 0.25) is 5.02 Å². The van der Waals surface area contributed by atoms with Gasteiger partial charge in [-0.15, -0.1) is 0 Å². The lowest BCUT2D eigenvalue weighted by atomic mass is 10.0. The summed E-state index contributed by atoms with van der Waals surface area (Å²) in [4.78, 5) is 28.3. The van der Waals surface area contributed by atoms with Crippen LogP contribution in [-0.4, -0.2) is 73.4 Å². The van der Waals surface area contributed by atoms with Crippen molar-refractivity contribution in [2.24, 2.45) is 5.92 Å². The molecule has 2 rings (SSSR count). The van der Waals surface area contributed by atoms with Crippen molar-refractivity contribution >= 4 is 23.3 Å². The van der Waals surface area contributed by atoms with Crippen LogP contribution in [0.5, 0.6) is 5.75 Å². The van der Waals surface area contributed by atoms with Crippen molar-refractivity contribution in [1.29, 1.82) is 0 Å². The van der Waals surface area contributed by atoms with Crippen molar-refractivity contribution in [2.75, 3.05) is 45.9 Å². The number of carbonyl (C=O) groups excluding carboxylic acids is 2. The molecule has 1 fully saturated rings. The minimum atomic E-state index is -0.399. The molecule has 1 aromatic rings. The van der Waals surface area contributed by atoms with Crippen molar-refractivity contribution in [3.63, 3.8) is 0 Å². The van der Waals surface area contributed by atoms with E-state index in [9.17, 15) is 9.59 Å². The Hall–Kier alpha value is -1.63. The molecule has 1 aromatic carbocycles. The largest absolute Gasteiger partial charge is 0.492 e. The molecule has 1 heterocycles. The molecule has 1 unspecified atom stereocenters. The Bertz CT molecular complexity index is 613. The summed E-state index contributed by atoms with van der Waals surface area (Å²) >= 11 is 5.86. The van der Waals surface area contributed by atoms with E-state index in [1.54, 1.807) is 0 Å². The van der Waals surface area contributed by atoms with Crippen molar-refractivity contribution < 1.29 is 14.3 Å². The first-order valence-corrected chi connectivity index (χ1v) is 9.86. The summed E-state index contributed by atoms with van der Waals surface area (Å²) in [5.74, 6) is 0.844.